The molecule has 1 aromatic heterocycles. The first-order chi connectivity index (χ1) is 6.15. The van der Waals surface area contributed by atoms with Gasteiger partial charge in [0.2, 0.25) is 0 Å². The van der Waals surface area contributed by atoms with E-state index in [4.69, 9.17) is 0 Å². The Balaban J connectivity index is 2.78. The third-order valence-electron chi connectivity index (χ3n) is 2.13. The number of hydrogen-bond acceptors (Lipinski definition) is 2. The largest absolute Gasteiger partial charge is 0.303 e. The van der Waals surface area contributed by atoms with Gasteiger partial charge in [-0.2, -0.15) is 0 Å². The maximum atomic E-state index is 10.9. The van der Waals surface area contributed by atoms with E-state index in [0.29, 0.717) is 5.92 Å². The normalized spacial score (nSPS) is 13.2. The maximum absolute atomic E-state index is 10.9. The molecule has 0 saturated carbocycles. The van der Waals surface area contributed by atoms with Crippen LogP contribution in [0, 0.1) is 12.8 Å². The van der Waals surface area contributed by atoms with Crippen molar-refractivity contribution >= 4 is 17.6 Å². The average Bonchev–Trinajstić information content (AvgIpc) is 2.47. The van der Waals surface area contributed by atoms with Gasteiger partial charge in [-0.1, -0.05) is 13.8 Å². The monoisotopic (exact) mass is 196 g/mol. The Morgan fingerprint density at radius 3 is 2.62 bits per heavy atom. The van der Waals surface area contributed by atoms with Crippen LogP contribution in [-0.4, -0.2) is 6.29 Å². The predicted molar refractivity (Wildman–Crippen MR) is 57.3 cm³/mol. The molecule has 0 spiro atoms. The van der Waals surface area contributed by atoms with Crippen molar-refractivity contribution in [3.8, 4) is 0 Å². The molecule has 1 aromatic rings. The minimum atomic E-state index is 0.111. The van der Waals surface area contributed by atoms with Crippen LogP contribution in [0.15, 0.2) is 11.4 Å². The quantitative estimate of drug-likeness (QED) is 0.675. The molecule has 1 heterocycles. The molecule has 0 aliphatic carbocycles. The van der Waals surface area contributed by atoms with Crippen LogP contribution < -0.4 is 0 Å². The fraction of sp³-hybridized carbons (Fsp3) is 0.545. The molecular formula is C11H16OS. The Hall–Kier alpha value is -0.630. The summed E-state index contributed by atoms with van der Waals surface area (Å²) in [7, 11) is 0. The molecule has 0 N–H and O–H groups in total. The number of carbonyl (C=O) groups is 1. The topological polar surface area (TPSA) is 17.1 Å². The molecule has 0 radical (unpaired) electrons. The first kappa shape index (κ1) is 10.5. The lowest BCUT2D eigenvalue weighted by Crippen LogP contribution is -2.03. The summed E-state index contributed by atoms with van der Waals surface area (Å²) >= 11 is 1.69. The van der Waals surface area contributed by atoms with Gasteiger partial charge in [0.25, 0.3) is 0 Å². The highest BCUT2D eigenvalue weighted by atomic mass is 32.1. The van der Waals surface area contributed by atoms with Crippen LogP contribution in [-0.2, 0) is 4.79 Å². The molecule has 0 amide bonds. The van der Waals surface area contributed by atoms with Crippen molar-refractivity contribution < 1.29 is 4.79 Å². The molecule has 0 aliphatic rings. The van der Waals surface area contributed by atoms with E-state index >= 15 is 0 Å². The standard InChI is InChI=1S/C11H16OS/c1-8(2)6-10(7-12)11-9(3)4-5-13-11/h4-5,7-8,10H,6H2,1-3H3. The van der Waals surface area contributed by atoms with Gasteiger partial charge < -0.3 is 4.79 Å². The molecular weight excluding hydrogens is 180 g/mol. The summed E-state index contributed by atoms with van der Waals surface area (Å²) < 4.78 is 0. The van der Waals surface area contributed by atoms with Gasteiger partial charge in [-0.25, -0.2) is 0 Å². The van der Waals surface area contributed by atoms with Crippen LogP contribution in [0.4, 0.5) is 0 Å². The van der Waals surface area contributed by atoms with Crippen molar-refractivity contribution in [3.63, 3.8) is 0 Å². The van der Waals surface area contributed by atoms with Crippen LogP contribution in [0.1, 0.15) is 36.6 Å². The molecule has 2 heteroatoms. The molecule has 72 valence electrons. The molecule has 1 rings (SSSR count). The van der Waals surface area contributed by atoms with Gasteiger partial charge in [-0.3, -0.25) is 0 Å². The minimum absolute atomic E-state index is 0.111. The van der Waals surface area contributed by atoms with E-state index in [0.717, 1.165) is 12.7 Å². The first-order valence-electron chi connectivity index (χ1n) is 4.64. The van der Waals surface area contributed by atoms with E-state index < -0.39 is 0 Å². The van der Waals surface area contributed by atoms with Crippen LogP contribution in [0.3, 0.4) is 0 Å². The third-order valence-corrected chi connectivity index (χ3v) is 3.28. The Kier molecular flexibility index (Phi) is 3.67. The lowest BCUT2D eigenvalue weighted by molar-refractivity contribution is -0.109. The van der Waals surface area contributed by atoms with Crippen LogP contribution >= 0.6 is 11.3 Å². The molecule has 0 saturated heterocycles. The Labute approximate surface area is 83.8 Å². The molecule has 0 bridgehead atoms. The Morgan fingerprint density at radius 1 is 1.54 bits per heavy atom. The zero-order chi connectivity index (χ0) is 9.84. The van der Waals surface area contributed by atoms with E-state index in [-0.39, 0.29) is 5.92 Å². The second kappa shape index (κ2) is 4.56. The zero-order valence-electron chi connectivity index (χ0n) is 8.41. The van der Waals surface area contributed by atoms with Crippen LogP contribution in [0.5, 0.6) is 0 Å². The molecule has 13 heavy (non-hydrogen) atoms. The minimum Gasteiger partial charge on any atom is -0.303 e. The molecule has 1 nitrogen and oxygen atoms in total. The summed E-state index contributed by atoms with van der Waals surface area (Å²) in [6.45, 7) is 6.38. The van der Waals surface area contributed by atoms with Gasteiger partial charge >= 0.3 is 0 Å². The highest BCUT2D eigenvalue weighted by Gasteiger charge is 2.15. The van der Waals surface area contributed by atoms with Gasteiger partial charge in [0.15, 0.2) is 0 Å². The molecule has 0 aromatic carbocycles. The van der Waals surface area contributed by atoms with Crippen molar-refractivity contribution in [1.82, 2.24) is 0 Å². The zero-order valence-corrected chi connectivity index (χ0v) is 9.23. The van der Waals surface area contributed by atoms with Gasteiger partial charge in [0.05, 0.1) is 0 Å². The second-order valence-corrected chi connectivity index (χ2v) is 4.79. The number of aryl methyl sites for hydroxylation is 1. The average molecular weight is 196 g/mol. The number of aldehydes is 1. The van der Waals surface area contributed by atoms with Crippen molar-refractivity contribution in [2.24, 2.45) is 5.92 Å². The van der Waals surface area contributed by atoms with Gasteiger partial charge in [-0.15, -0.1) is 11.3 Å². The van der Waals surface area contributed by atoms with Crippen molar-refractivity contribution in [1.29, 1.82) is 0 Å². The van der Waals surface area contributed by atoms with Crippen molar-refractivity contribution in [2.75, 3.05) is 0 Å². The van der Waals surface area contributed by atoms with Crippen molar-refractivity contribution in [2.45, 2.75) is 33.1 Å². The summed E-state index contributed by atoms with van der Waals surface area (Å²) in [5.74, 6) is 0.691. The van der Waals surface area contributed by atoms with E-state index in [2.05, 4.69) is 32.2 Å². The lowest BCUT2D eigenvalue weighted by Gasteiger charge is -2.11. The predicted octanol–water partition coefficient (Wildman–Crippen LogP) is 3.39. The van der Waals surface area contributed by atoms with Crippen LogP contribution in [0.2, 0.25) is 0 Å². The summed E-state index contributed by atoms with van der Waals surface area (Å²) in [4.78, 5) is 12.1. The third kappa shape index (κ3) is 2.66. The van der Waals surface area contributed by atoms with Gasteiger partial charge in [0, 0.05) is 10.8 Å². The van der Waals surface area contributed by atoms with E-state index in [1.54, 1.807) is 11.3 Å². The highest BCUT2D eigenvalue weighted by Crippen LogP contribution is 2.28. The second-order valence-electron chi connectivity index (χ2n) is 3.84. The Morgan fingerprint density at radius 2 is 2.23 bits per heavy atom. The van der Waals surface area contributed by atoms with Crippen molar-refractivity contribution in [3.05, 3.63) is 21.9 Å². The smallest absolute Gasteiger partial charge is 0.128 e. The summed E-state index contributed by atoms with van der Waals surface area (Å²) in [6, 6.07) is 2.08. The highest BCUT2D eigenvalue weighted by molar-refractivity contribution is 7.10. The fourth-order valence-electron chi connectivity index (χ4n) is 1.50. The van der Waals surface area contributed by atoms with Crippen LogP contribution in [0.25, 0.3) is 0 Å². The fourth-order valence-corrected chi connectivity index (χ4v) is 2.50. The summed E-state index contributed by atoms with van der Waals surface area (Å²) in [5.41, 5.74) is 1.25. The first-order valence-corrected chi connectivity index (χ1v) is 5.52. The summed E-state index contributed by atoms with van der Waals surface area (Å²) in [6.07, 6.45) is 2.05. The van der Waals surface area contributed by atoms with Gasteiger partial charge in [-0.05, 0) is 36.3 Å². The van der Waals surface area contributed by atoms with E-state index in [9.17, 15) is 4.79 Å². The molecule has 0 aliphatic heterocycles. The van der Waals surface area contributed by atoms with Gasteiger partial charge in [0.1, 0.15) is 6.29 Å². The van der Waals surface area contributed by atoms with E-state index in [1.165, 1.54) is 10.4 Å². The maximum Gasteiger partial charge on any atom is 0.128 e. The number of carbonyl (C=O) groups excluding carboxylic acids is 1. The summed E-state index contributed by atoms with van der Waals surface area (Å²) in [5, 5.41) is 2.06. The molecule has 1 unspecified atom stereocenters. The number of hydrogen-bond donors (Lipinski definition) is 0. The number of thiophene rings is 1. The Bertz CT molecular complexity index is 275. The molecule has 1 atom stereocenters. The molecule has 0 fully saturated rings. The van der Waals surface area contributed by atoms with E-state index in [1.807, 2.05) is 0 Å². The lowest BCUT2D eigenvalue weighted by atomic mass is 9.95. The SMILES string of the molecule is Cc1ccsc1C(C=O)CC(C)C. The number of rotatable bonds is 4.